The van der Waals surface area contributed by atoms with Crippen molar-refractivity contribution in [3.05, 3.63) is 76.9 Å². The number of benzene rings is 3. The number of phenolic OH excluding ortho intramolecular Hbond substituents is 2. The highest BCUT2D eigenvalue weighted by Crippen LogP contribution is 2.57. The molecule has 0 saturated carbocycles. The van der Waals surface area contributed by atoms with E-state index in [0.717, 1.165) is 0 Å². The van der Waals surface area contributed by atoms with Crippen LogP contribution in [0.4, 0.5) is 5.69 Å². The fourth-order valence-corrected chi connectivity index (χ4v) is 5.55. The number of carbonyl (C=O) groups excluding carboxylic acids is 3. The zero-order valence-electron chi connectivity index (χ0n) is 21.6. The van der Waals surface area contributed by atoms with Crippen molar-refractivity contribution in [2.45, 2.75) is 18.4 Å². The number of phenols is 2. The van der Waals surface area contributed by atoms with Crippen molar-refractivity contribution >= 4 is 40.8 Å². The average molecular weight is 576 g/mol. The molecule has 0 radical (unpaired) electrons. The minimum atomic E-state index is -1.34. The summed E-state index contributed by atoms with van der Waals surface area (Å²) in [6, 6.07) is 14.4. The van der Waals surface area contributed by atoms with Gasteiger partial charge >= 0.3 is 5.97 Å². The van der Waals surface area contributed by atoms with Gasteiger partial charge in [-0.05, 0) is 48.6 Å². The predicted molar refractivity (Wildman–Crippen MR) is 149 cm³/mol. The maximum Gasteiger partial charge on any atom is 0.340 e. The lowest BCUT2D eigenvalue weighted by Crippen LogP contribution is -2.34. The van der Waals surface area contributed by atoms with Gasteiger partial charge in [-0.2, -0.15) is 0 Å². The molecule has 0 unspecified atom stereocenters. The first-order valence-corrected chi connectivity index (χ1v) is 13.4. The van der Waals surface area contributed by atoms with Crippen LogP contribution in [0.5, 0.6) is 23.0 Å². The van der Waals surface area contributed by atoms with Crippen LogP contribution in [0.1, 0.15) is 39.9 Å². The number of ether oxygens (including phenoxy) is 3. The molecule has 0 aliphatic carbocycles. The summed E-state index contributed by atoms with van der Waals surface area (Å²) in [5, 5.41) is 26.5. The van der Waals surface area contributed by atoms with Gasteiger partial charge < -0.3 is 35.1 Å². The molecule has 2 amide bonds. The lowest BCUT2D eigenvalue weighted by atomic mass is 9.77. The molecule has 0 atom stereocenters. The Hall–Kier alpha value is -4.68. The number of anilines is 1. The summed E-state index contributed by atoms with van der Waals surface area (Å²) in [4.78, 5) is 37.7. The van der Waals surface area contributed by atoms with Crippen LogP contribution in [0.2, 0.25) is 0 Å². The van der Waals surface area contributed by atoms with E-state index in [2.05, 4.69) is 10.6 Å². The lowest BCUT2D eigenvalue weighted by molar-refractivity contribution is -0.139. The molecule has 3 aliphatic rings. The number of hydrogen-bond acceptors (Lipinski definition) is 9. The zero-order chi connectivity index (χ0) is 28.7. The van der Waals surface area contributed by atoms with Crippen LogP contribution >= 0.6 is 12.2 Å². The lowest BCUT2D eigenvalue weighted by Gasteiger charge is -2.36. The van der Waals surface area contributed by atoms with Gasteiger partial charge in [-0.15, -0.1) is 0 Å². The van der Waals surface area contributed by atoms with Crippen molar-refractivity contribution in [2.75, 3.05) is 31.6 Å². The minimum absolute atomic E-state index is 0.0187. The summed E-state index contributed by atoms with van der Waals surface area (Å²) in [7, 11) is 0. The molecular weight excluding hydrogens is 550 g/mol. The number of amides is 2. The van der Waals surface area contributed by atoms with Crippen molar-refractivity contribution < 1.29 is 38.8 Å². The van der Waals surface area contributed by atoms with Gasteiger partial charge in [0.2, 0.25) is 11.8 Å². The molecular formula is C29H25N3O8S. The SMILES string of the molecule is O=C1OC2(c3ccc(O)cc3Oc3cc(O)ccc32)c2ccc(NC(=S)NCCOCCN3C(=O)CCC3=O)cc21. The number of thiocarbonyl (C=S) groups is 1. The molecule has 3 aliphatic heterocycles. The third-order valence-electron chi connectivity index (χ3n) is 7.18. The smallest absolute Gasteiger partial charge is 0.340 e. The third kappa shape index (κ3) is 4.70. The molecule has 6 rings (SSSR count). The minimum Gasteiger partial charge on any atom is -0.508 e. The standard InChI is InChI=1S/C29H25N3O8S/c33-17-2-5-21-23(14-17)39-24-15-18(34)3-6-22(24)29(21)20-4-1-16(13-19(20)27(37)40-29)31-28(41)30-9-11-38-12-10-32-25(35)7-8-26(32)36/h1-6,13-15,33-34H,7-12H2,(H2,30,31,41). The number of esters is 1. The van der Waals surface area contributed by atoms with Crippen LogP contribution in [0.15, 0.2) is 54.6 Å². The van der Waals surface area contributed by atoms with Crippen molar-refractivity contribution in [1.29, 1.82) is 0 Å². The number of rotatable bonds is 7. The Morgan fingerprint density at radius 1 is 0.902 bits per heavy atom. The van der Waals surface area contributed by atoms with E-state index in [9.17, 15) is 24.6 Å². The summed E-state index contributed by atoms with van der Waals surface area (Å²) >= 11 is 5.38. The Balaban J connectivity index is 1.15. The molecule has 1 spiro atoms. The molecule has 3 aromatic carbocycles. The topological polar surface area (TPSA) is 147 Å². The van der Waals surface area contributed by atoms with E-state index >= 15 is 0 Å². The van der Waals surface area contributed by atoms with E-state index in [0.29, 0.717) is 57.7 Å². The fourth-order valence-electron chi connectivity index (χ4n) is 5.33. The van der Waals surface area contributed by atoms with Gasteiger partial charge in [0.15, 0.2) is 10.7 Å². The van der Waals surface area contributed by atoms with Crippen LogP contribution in [0.25, 0.3) is 0 Å². The quantitative estimate of drug-likeness (QED) is 0.143. The first-order chi connectivity index (χ1) is 19.8. The fraction of sp³-hybridized carbons (Fsp3) is 0.241. The Morgan fingerprint density at radius 3 is 2.20 bits per heavy atom. The van der Waals surface area contributed by atoms with Crippen molar-refractivity contribution in [2.24, 2.45) is 0 Å². The Morgan fingerprint density at radius 2 is 1.54 bits per heavy atom. The Bertz CT molecular complexity index is 1540. The van der Waals surface area contributed by atoms with Crippen LogP contribution in [-0.2, 0) is 24.7 Å². The third-order valence-corrected chi connectivity index (χ3v) is 7.42. The van der Waals surface area contributed by atoms with Crippen LogP contribution in [0, 0.1) is 0 Å². The number of nitrogens with zero attached hydrogens (tertiary/aromatic N) is 1. The van der Waals surface area contributed by atoms with Gasteiger partial charge in [0.05, 0.1) is 25.3 Å². The van der Waals surface area contributed by atoms with Crippen LogP contribution in [0.3, 0.4) is 0 Å². The van der Waals surface area contributed by atoms with E-state index < -0.39 is 11.6 Å². The predicted octanol–water partition coefficient (Wildman–Crippen LogP) is 3.12. The largest absolute Gasteiger partial charge is 0.508 e. The number of fused-ring (bicyclic) bond motifs is 6. The molecule has 1 fully saturated rings. The van der Waals surface area contributed by atoms with Crippen molar-refractivity contribution in [3.8, 4) is 23.0 Å². The number of hydrogen-bond donors (Lipinski definition) is 4. The first kappa shape index (κ1) is 26.5. The van der Waals surface area contributed by atoms with Crippen molar-refractivity contribution in [1.82, 2.24) is 10.2 Å². The summed E-state index contributed by atoms with van der Waals surface area (Å²) in [6.07, 6.45) is 0.512. The second-order valence-electron chi connectivity index (χ2n) is 9.73. The Labute approximate surface area is 239 Å². The highest BCUT2D eigenvalue weighted by Gasteiger charge is 2.53. The monoisotopic (exact) mass is 575 g/mol. The molecule has 41 heavy (non-hydrogen) atoms. The second kappa shape index (κ2) is 10.4. The maximum absolute atomic E-state index is 13.2. The maximum atomic E-state index is 13.2. The molecule has 4 N–H and O–H groups in total. The number of aromatic hydroxyl groups is 2. The van der Waals surface area contributed by atoms with Gasteiger partial charge in [-0.3, -0.25) is 14.5 Å². The Kier molecular flexibility index (Phi) is 6.72. The number of nitrogens with one attached hydrogen (secondary N) is 2. The van der Waals surface area contributed by atoms with E-state index in [1.165, 1.54) is 29.2 Å². The number of imide groups is 1. The summed E-state index contributed by atoms with van der Waals surface area (Å²) in [6.45, 7) is 1.17. The van der Waals surface area contributed by atoms with E-state index in [1.54, 1.807) is 30.3 Å². The van der Waals surface area contributed by atoms with Gasteiger partial charge in [0, 0.05) is 53.9 Å². The molecule has 3 aromatic rings. The van der Waals surface area contributed by atoms with Gasteiger partial charge in [0.25, 0.3) is 0 Å². The average Bonchev–Trinajstić information content (AvgIpc) is 3.41. The normalized spacial score (nSPS) is 16.1. The molecule has 0 aromatic heterocycles. The highest BCUT2D eigenvalue weighted by molar-refractivity contribution is 7.80. The van der Waals surface area contributed by atoms with E-state index in [4.69, 9.17) is 26.4 Å². The second-order valence-corrected chi connectivity index (χ2v) is 10.1. The molecule has 1 saturated heterocycles. The molecule has 11 nitrogen and oxygen atoms in total. The van der Waals surface area contributed by atoms with Crippen LogP contribution < -0.4 is 15.4 Å². The summed E-state index contributed by atoms with van der Waals surface area (Å²) < 4.78 is 17.5. The molecule has 210 valence electrons. The number of carbonyl (C=O) groups is 3. The van der Waals surface area contributed by atoms with Crippen LogP contribution in [-0.4, -0.2) is 64.3 Å². The molecule has 0 bridgehead atoms. The van der Waals surface area contributed by atoms with E-state index in [1.807, 2.05) is 0 Å². The molecule has 3 heterocycles. The van der Waals surface area contributed by atoms with E-state index in [-0.39, 0.29) is 49.3 Å². The number of likely N-dealkylation sites (tertiary alicyclic amines) is 1. The van der Waals surface area contributed by atoms with Gasteiger partial charge in [-0.25, -0.2) is 4.79 Å². The summed E-state index contributed by atoms with van der Waals surface area (Å²) in [5.41, 5.74) is 1.21. The molecule has 12 heteroatoms. The highest BCUT2D eigenvalue weighted by atomic mass is 32.1. The summed E-state index contributed by atoms with van der Waals surface area (Å²) in [5.74, 6) is -0.324. The van der Waals surface area contributed by atoms with Gasteiger partial charge in [0.1, 0.15) is 23.0 Å². The zero-order valence-corrected chi connectivity index (χ0v) is 22.5. The van der Waals surface area contributed by atoms with Gasteiger partial charge in [-0.1, -0.05) is 6.07 Å². The van der Waals surface area contributed by atoms with Crippen molar-refractivity contribution in [3.63, 3.8) is 0 Å². The first-order valence-electron chi connectivity index (χ1n) is 12.9.